The average Bonchev–Trinajstić information content (AvgIpc) is 3.12. The van der Waals surface area contributed by atoms with Crippen LogP contribution in [0, 0.1) is 35.5 Å². The van der Waals surface area contributed by atoms with E-state index in [1.807, 2.05) is 6.92 Å². The topological polar surface area (TPSA) is 66.4 Å². The predicted molar refractivity (Wildman–Crippen MR) is 79.6 cm³/mol. The first-order valence-electron chi connectivity index (χ1n) is 8.49. The van der Waals surface area contributed by atoms with Crippen molar-refractivity contribution in [3.8, 4) is 0 Å². The number of rotatable bonds is 4. The SMILES string of the molecule is CC1C[C@H](C(=O)NC(C)C2CC3CCC2C3)[C@H](C(=O)O)C1. The molecule has 5 unspecified atom stereocenters. The van der Waals surface area contributed by atoms with Gasteiger partial charge >= 0.3 is 5.97 Å². The van der Waals surface area contributed by atoms with Gasteiger partial charge in [0.1, 0.15) is 0 Å². The van der Waals surface area contributed by atoms with Gasteiger partial charge in [-0.2, -0.15) is 0 Å². The molecule has 3 rings (SSSR count). The molecule has 21 heavy (non-hydrogen) atoms. The number of carbonyl (C=O) groups excluding carboxylic acids is 1. The van der Waals surface area contributed by atoms with Crippen LogP contribution in [-0.2, 0) is 9.59 Å². The Labute approximate surface area is 126 Å². The third-order valence-corrected chi connectivity index (χ3v) is 6.26. The van der Waals surface area contributed by atoms with Gasteiger partial charge in [-0.15, -0.1) is 0 Å². The number of carboxylic acid groups (broad SMARTS) is 1. The molecule has 2 bridgehead atoms. The van der Waals surface area contributed by atoms with Crippen LogP contribution in [0.4, 0.5) is 0 Å². The molecule has 0 aromatic rings. The van der Waals surface area contributed by atoms with Crippen molar-refractivity contribution >= 4 is 11.9 Å². The number of hydrogen-bond donors (Lipinski definition) is 2. The van der Waals surface area contributed by atoms with Gasteiger partial charge in [-0.25, -0.2) is 0 Å². The quantitative estimate of drug-likeness (QED) is 0.837. The van der Waals surface area contributed by atoms with Crippen LogP contribution in [0.1, 0.15) is 52.4 Å². The van der Waals surface area contributed by atoms with E-state index >= 15 is 0 Å². The monoisotopic (exact) mass is 293 g/mol. The minimum atomic E-state index is -0.813. The van der Waals surface area contributed by atoms with Gasteiger partial charge in [-0.05, 0) is 62.7 Å². The Balaban J connectivity index is 1.59. The van der Waals surface area contributed by atoms with Crippen molar-refractivity contribution in [1.82, 2.24) is 5.32 Å². The van der Waals surface area contributed by atoms with E-state index in [0.29, 0.717) is 24.7 Å². The van der Waals surface area contributed by atoms with Crippen molar-refractivity contribution in [2.24, 2.45) is 35.5 Å². The number of fused-ring (bicyclic) bond motifs is 2. The first-order chi connectivity index (χ1) is 9.95. The summed E-state index contributed by atoms with van der Waals surface area (Å²) in [5, 5.41) is 12.5. The van der Waals surface area contributed by atoms with E-state index in [4.69, 9.17) is 0 Å². The van der Waals surface area contributed by atoms with Crippen molar-refractivity contribution in [2.45, 2.75) is 58.4 Å². The third-order valence-electron chi connectivity index (χ3n) is 6.26. The normalized spacial score (nSPS) is 43.0. The zero-order chi connectivity index (χ0) is 15.1. The molecule has 4 nitrogen and oxygen atoms in total. The molecule has 0 saturated heterocycles. The smallest absolute Gasteiger partial charge is 0.307 e. The van der Waals surface area contributed by atoms with Crippen molar-refractivity contribution in [3.63, 3.8) is 0 Å². The number of hydrogen-bond acceptors (Lipinski definition) is 2. The molecule has 3 fully saturated rings. The molecule has 0 aromatic heterocycles. The van der Waals surface area contributed by atoms with Crippen LogP contribution in [0.2, 0.25) is 0 Å². The van der Waals surface area contributed by atoms with Crippen molar-refractivity contribution < 1.29 is 14.7 Å². The predicted octanol–water partition coefficient (Wildman–Crippen LogP) is 2.67. The molecule has 0 aromatic carbocycles. The molecule has 3 aliphatic rings. The Bertz CT molecular complexity index is 436. The summed E-state index contributed by atoms with van der Waals surface area (Å²) in [5.41, 5.74) is 0. The number of carboxylic acids is 1. The summed E-state index contributed by atoms with van der Waals surface area (Å²) < 4.78 is 0. The van der Waals surface area contributed by atoms with E-state index in [1.54, 1.807) is 0 Å². The van der Waals surface area contributed by atoms with Crippen LogP contribution in [0.5, 0.6) is 0 Å². The molecule has 1 amide bonds. The summed E-state index contributed by atoms with van der Waals surface area (Å²) >= 11 is 0. The van der Waals surface area contributed by atoms with Gasteiger partial charge in [0.25, 0.3) is 0 Å². The van der Waals surface area contributed by atoms with Gasteiger partial charge < -0.3 is 10.4 Å². The number of amides is 1. The molecule has 2 N–H and O–H groups in total. The molecule has 0 spiro atoms. The maximum atomic E-state index is 12.5. The second-order valence-corrected chi connectivity index (χ2v) is 7.76. The van der Waals surface area contributed by atoms with Crippen LogP contribution in [0.3, 0.4) is 0 Å². The summed E-state index contributed by atoms with van der Waals surface area (Å²) in [4.78, 5) is 23.8. The van der Waals surface area contributed by atoms with Gasteiger partial charge in [-0.3, -0.25) is 9.59 Å². The van der Waals surface area contributed by atoms with Gasteiger partial charge in [0.05, 0.1) is 11.8 Å². The summed E-state index contributed by atoms with van der Waals surface area (Å²) in [6.07, 6.45) is 6.61. The first-order valence-corrected chi connectivity index (χ1v) is 8.49. The fraction of sp³-hybridized carbons (Fsp3) is 0.882. The van der Waals surface area contributed by atoms with Gasteiger partial charge in [0, 0.05) is 6.04 Å². The molecule has 4 heteroatoms. The first kappa shape index (κ1) is 14.9. The van der Waals surface area contributed by atoms with Gasteiger partial charge in [0.15, 0.2) is 0 Å². The number of aliphatic carboxylic acids is 1. The lowest BCUT2D eigenvalue weighted by atomic mass is 9.83. The minimum absolute atomic E-state index is 0.0259. The molecule has 3 saturated carbocycles. The van der Waals surface area contributed by atoms with Crippen molar-refractivity contribution in [2.75, 3.05) is 0 Å². The molecule has 0 heterocycles. The standard InChI is InChI=1S/C17H27NO3/c1-9-5-14(15(6-9)17(20)21)16(19)18-10(2)13-8-11-3-4-12(13)7-11/h9-15H,3-8H2,1-2H3,(H,18,19)(H,20,21)/t9?,10?,11?,12?,13?,14-,15+/m0/s1. The summed E-state index contributed by atoms with van der Waals surface area (Å²) in [7, 11) is 0. The molecular weight excluding hydrogens is 266 g/mol. The summed E-state index contributed by atoms with van der Waals surface area (Å²) in [6, 6.07) is 0.193. The van der Waals surface area contributed by atoms with E-state index < -0.39 is 11.9 Å². The molecular formula is C17H27NO3. The summed E-state index contributed by atoms with van der Waals surface area (Å²) in [5.74, 6) is 0.926. The lowest BCUT2D eigenvalue weighted by molar-refractivity contribution is -0.146. The Kier molecular flexibility index (Phi) is 3.98. The highest BCUT2D eigenvalue weighted by atomic mass is 16.4. The Morgan fingerprint density at radius 1 is 1.10 bits per heavy atom. The van der Waals surface area contributed by atoms with E-state index in [2.05, 4.69) is 12.2 Å². The van der Waals surface area contributed by atoms with Crippen LogP contribution < -0.4 is 5.32 Å². The van der Waals surface area contributed by atoms with Crippen molar-refractivity contribution in [1.29, 1.82) is 0 Å². The highest BCUT2D eigenvalue weighted by Crippen LogP contribution is 2.49. The maximum absolute atomic E-state index is 12.5. The van der Waals surface area contributed by atoms with Crippen LogP contribution in [0.25, 0.3) is 0 Å². The van der Waals surface area contributed by atoms with Crippen LogP contribution in [0.15, 0.2) is 0 Å². The Morgan fingerprint density at radius 2 is 1.81 bits per heavy atom. The van der Waals surface area contributed by atoms with Crippen molar-refractivity contribution in [3.05, 3.63) is 0 Å². The number of nitrogens with one attached hydrogen (secondary N) is 1. The zero-order valence-electron chi connectivity index (χ0n) is 13.0. The highest BCUT2D eigenvalue weighted by molar-refractivity contribution is 5.85. The molecule has 0 radical (unpaired) electrons. The molecule has 7 atom stereocenters. The van der Waals surface area contributed by atoms with Gasteiger partial charge in [-0.1, -0.05) is 13.3 Å². The number of carbonyl (C=O) groups is 2. The van der Waals surface area contributed by atoms with E-state index in [-0.39, 0.29) is 17.9 Å². The molecule has 118 valence electrons. The largest absolute Gasteiger partial charge is 0.481 e. The highest BCUT2D eigenvalue weighted by Gasteiger charge is 2.44. The van der Waals surface area contributed by atoms with E-state index in [0.717, 1.165) is 11.8 Å². The lowest BCUT2D eigenvalue weighted by Gasteiger charge is -2.30. The Hall–Kier alpha value is -1.06. The maximum Gasteiger partial charge on any atom is 0.307 e. The second-order valence-electron chi connectivity index (χ2n) is 7.76. The lowest BCUT2D eigenvalue weighted by Crippen LogP contribution is -2.44. The van der Waals surface area contributed by atoms with Crippen LogP contribution in [-0.4, -0.2) is 23.0 Å². The fourth-order valence-electron chi connectivity index (χ4n) is 5.20. The van der Waals surface area contributed by atoms with Crippen LogP contribution >= 0.6 is 0 Å². The summed E-state index contributed by atoms with van der Waals surface area (Å²) in [6.45, 7) is 4.15. The molecule has 0 aliphatic heterocycles. The average molecular weight is 293 g/mol. The van der Waals surface area contributed by atoms with E-state index in [9.17, 15) is 14.7 Å². The fourth-order valence-corrected chi connectivity index (χ4v) is 5.20. The minimum Gasteiger partial charge on any atom is -0.481 e. The second kappa shape index (κ2) is 5.62. The third kappa shape index (κ3) is 2.82. The van der Waals surface area contributed by atoms with Gasteiger partial charge in [0.2, 0.25) is 5.91 Å². The molecule has 3 aliphatic carbocycles. The zero-order valence-corrected chi connectivity index (χ0v) is 13.0. The Morgan fingerprint density at radius 3 is 2.38 bits per heavy atom. The van der Waals surface area contributed by atoms with E-state index in [1.165, 1.54) is 25.7 Å².